The molecule has 1 N–H and O–H groups in total. The quantitative estimate of drug-likeness (QED) is 0.412. The van der Waals surface area contributed by atoms with Gasteiger partial charge in [-0.3, -0.25) is 10.1 Å². The zero-order valence-electron chi connectivity index (χ0n) is 12.8. The summed E-state index contributed by atoms with van der Waals surface area (Å²) in [6, 6.07) is 4.32. The number of sulfone groups is 1. The molecule has 0 fully saturated rings. The highest BCUT2D eigenvalue weighted by Gasteiger charge is 2.23. The predicted molar refractivity (Wildman–Crippen MR) is 87.0 cm³/mol. The van der Waals surface area contributed by atoms with E-state index in [0.717, 1.165) is 17.6 Å². The first kappa shape index (κ1) is 18.3. The third kappa shape index (κ3) is 3.27. The van der Waals surface area contributed by atoms with E-state index in [1.165, 1.54) is 18.2 Å². The number of rotatable bonds is 3. The molecule has 11 heteroatoms. The third-order valence-corrected chi connectivity index (χ3v) is 5.40. The maximum atomic E-state index is 13.7. The first-order valence-corrected chi connectivity index (χ1v) is 9.53. The van der Waals surface area contributed by atoms with Crippen LogP contribution < -0.4 is 5.32 Å². The van der Waals surface area contributed by atoms with Crippen LogP contribution in [0.15, 0.2) is 29.2 Å². The minimum Gasteiger partial charge on any atom is -0.298 e. The van der Waals surface area contributed by atoms with Crippen LogP contribution in [0.1, 0.15) is 10.4 Å². The van der Waals surface area contributed by atoms with Gasteiger partial charge in [-0.25, -0.2) is 31.0 Å². The van der Waals surface area contributed by atoms with Crippen LogP contribution in [0.2, 0.25) is 0 Å². The number of nitrogens with zero attached hydrogens (tertiary/aromatic N) is 1. The summed E-state index contributed by atoms with van der Waals surface area (Å²) >= 11 is 0.876. The lowest BCUT2D eigenvalue weighted by Crippen LogP contribution is -2.16. The number of nitrogens with one attached hydrogen (secondary N) is 1. The molecule has 5 nitrogen and oxygen atoms in total. The lowest BCUT2D eigenvalue weighted by atomic mass is 10.1. The Kier molecular flexibility index (Phi) is 4.44. The average Bonchev–Trinajstić information content (AvgIpc) is 2.96. The molecule has 0 unspecified atom stereocenters. The molecule has 0 saturated carbocycles. The summed E-state index contributed by atoms with van der Waals surface area (Å²) in [4.78, 5) is 16.1. The zero-order chi connectivity index (χ0) is 19.2. The Morgan fingerprint density at radius 3 is 2.42 bits per heavy atom. The number of amides is 1. The monoisotopic (exact) mass is 404 g/mol. The van der Waals surface area contributed by atoms with Gasteiger partial charge in [-0.1, -0.05) is 11.3 Å². The first-order chi connectivity index (χ1) is 12.1. The number of halogens is 4. The maximum absolute atomic E-state index is 13.7. The number of hydrogen-bond donors (Lipinski definition) is 1. The van der Waals surface area contributed by atoms with Crippen molar-refractivity contribution in [3.8, 4) is 0 Å². The maximum Gasteiger partial charge on any atom is 0.260 e. The van der Waals surface area contributed by atoms with E-state index in [2.05, 4.69) is 10.3 Å². The van der Waals surface area contributed by atoms with Gasteiger partial charge in [-0.2, -0.15) is 0 Å². The number of aromatic nitrogens is 1. The van der Waals surface area contributed by atoms with Crippen molar-refractivity contribution in [3.05, 3.63) is 53.1 Å². The van der Waals surface area contributed by atoms with E-state index in [1.807, 2.05) is 0 Å². The molecule has 0 spiro atoms. The SMILES string of the molecule is CS(=O)(=O)c1ccc2nc(NC(=O)c3cc(F)c(F)c(F)c3F)sc2c1. The second-order valence-electron chi connectivity index (χ2n) is 5.22. The van der Waals surface area contributed by atoms with Crippen LogP contribution in [0.25, 0.3) is 10.2 Å². The number of carbonyl (C=O) groups is 1. The normalized spacial score (nSPS) is 11.7. The summed E-state index contributed by atoms with van der Waals surface area (Å²) in [5.41, 5.74) is -0.674. The van der Waals surface area contributed by atoms with Gasteiger partial charge in [-0.05, 0) is 24.3 Å². The minimum atomic E-state index is -3.45. The molecule has 0 bridgehead atoms. The molecule has 26 heavy (non-hydrogen) atoms. The van der Waals surface area contributed by atoms with Crippen molar-refractivity contribution in [2.24, 2.45) is 0 Å². The number of thiazole rings is 1. The van der Waals surface area contributed by atoms with Gasteiger partial charge < -0.3 is 0 Å². The molecule has 0 atom stereocenters. The largest absolute Gasteiger partial charge is 0.298 e. The molecule has 0 saturated heterocycles. The van der Waals surface area contributed by atoms with Crippen LogP contribution in [0, 0.1) is 23.3 Å². The summed E-state index contributed by atoms with van der Waals surface area (Å²) < 4.78 is 76.6. The Labute approximate surface area is 148 Å². The Hall–Kier alpha value is -2.53. The van der Waals surface area contributed by atoms with E-state index in [-0.39, 0.29) is 16.1 Å². The van der Waals surface area contributed by atoms with Crippen LogP contribution >= 0.6 is 11.3 Å². The number of carbonyl (C=O) groups excluding carboxylic acids is 1. The van der Waals surface area contributed by atoms with E-state index in [9.17, 15) is 30.8 Å². The molecule has 0 aliphatic carbocycles. The molecule has 3 rings (SSSR count). The Balaban J connectivity index is 1.95. The van der Waals surface area contributed by atoms with E-state index in [4.69, 9.17) is 0 Å². The molecule has 3 aromatic rings. The van der Waals surface area contributed by atoms with Gasteiger partial charge >= 0.3 is 0 Å². The van der Waals surface area contributed by atoms with E-state index < -0.39 is 44.6 Å². The molecule has 1 aromatic heterocycles. The topological polar surface area (TPSA) is 76.1 Å². The smallest absolute Gasteiger partial charge is 0.260 e. The van der Waals surface area contributed by atoms with E-state index in [0.29, 0.717) is 10.2 Å². The second-order valence-corrected chi connectivity index (χ2v) is 8.27. The zero-order valence-corrected chi connectivity index (χ0v) is 14.4. The number of anilines is 1. The number of hydrogen-bond acceptors (Lipinski definition) is 5. The molecule has 0 radical (unpaired) electrons. The van der Waals surface area contributed by atoms with Gasteiger partial charge in [-0.15, -0.1) is 0 Å². The van der Waals surface area contributed by atoms with Crippen LogP contribution in [0.3, 0.4) is 0 Å². The van der Waals surface area contributed by atoms with Crippen LogP contribution in [0.4, 0.5) is 22.7 Å². The van der Waals surface area contributed by atoms with Crippen molar-refractivity contribution in [2.75, 3.05) is 11.6 Å². The van der Waals surface area contributed by atoms with Gasteiger partial charge in [0.25, 0.3) is 5.91 Å². The van der Waals surface area contributed by atoms with Gasteiger partial charge in [0.1, 0.15) is 0 Å². The summed E-state index contributed by atoms with van der Waals surface area (Å²) in [6.45, 7) is 0. The molecule has 1 amide bonds. The van der Waals surface area contributed by atoms with Crippen molar-refractivity contribution in [1.82, 2.24) is 4.98 Å². The fraction of sp³-hybridized carbons (Fsp3) is 0.0667. The number of fused-ring (bicyclic) bond motifs is 1. The highest BCUT2D eigenvalue weighted by atomic mass is 32.2. The van der Waals surface area contributed by atoms with Gasteiger partial charge in [0.15, 0.2) is 38.2 Å². The van der Waals surface area contributed by atoms with Crippen molar-refractivity contribution in [1.29, 1.82) is 0 Å². The Morgan fingerprint density at radius 2 is 1.77 bits per heavy atom. The summed E-state index contributed by atoms with van der Waals surface area (Å²) in [5, 5.41) is 2.09. The summed E-state index contributed by atoms with van der Waals surface area (Å²) in [5.74, 6) is -8.90. The summed E-state index contributed by atoms with van der Waals surface area (Å²) in [6.07, 6.45) is 1.03. The van der Waals surface area contributed by atoms with E-state index >= 15 is 0 Å². The van der Waals surface area contributed by atoms with Crippen molar-refractivity contribution < 1.29 is 30.8 Å². The lowest BCUT2D eigenvalue weighted by Gasteiger charge is -2.05. The standard InChI is InChI=1S/C15H8F4N2O3S2/c1-26(23,24)6-2-3-9-10(4-6)25-15(20-9)21-14(22)7-5-8(16)12(18)13(19)11(7)17/h2-5H,1H3,(H,20,21,22). The average molecular weight is 404 g/mol. The molecular weight excluding hydrogens is 396 g/mol. The molecule has 2 aromatic carbocycles. The number of benzene rings is 2. The van der Waals surface area contributed by atoms with Crippen LogP contribution in [-0.2, 0) is 9.84 Å². The molecule has 0 aliphatic heterocycles. The Bertz CT molecular complexity index is 1160. The molecule has 0 aliphatic rings. The predicted octanol–water partition coefficient (Wildman–Crippen LogP) is 3.51. The lowest BCUT2D eigenvalue weighted by molar-refractivity contribution is 0.102. The Morgan fingerprint density at radius 1 is 1.08 bits per heavy atom. The van der Waals surface area contributed by atoms with Gasteiger partial charge in [0, 0.05) is 6.26 Å². The van der Waals surface area contributed by atoms with E-state index in [1.54, 1.807) is 0 Å². The molecule has 1 heterocycles. The second kappa shape index (κ2) is 6.32. The fourth-order valence-corrected chi connectivity index (χ4v) is 3.71. The van der Waals surface area contributed by atoms with Crippen molar-refractivity contribution in [3.63, 3.8) is 0 Å². The van der Waals surface area contributed by atoms with Crippen molar-refractivity contribution >= 4 is 42.4 Å². The molecule has 136 valence electrons. The summed E-state index contributed by atoms with van der Waals surface area (Å²) in [7, 11) is -3.45. The minimum absolute atomic E-state index is 0.0419. The van der Waals surface area contributed by atoms with Gasteiger partial charge in [0.2, 0.25) is 0 Å². The molecular formula is C15H8F4N2O3S2. The van der Waals surface area contributed by atoms with Gasteiger partial charge in [0.05, 0.1) is 20.7 Å². The first-order valence-electron chi connectivity index (χ1n) is 6.83. The van der Waals surface area contributed by atoms with Crippen LogP contribution in [-0.4, -0.2) is 25.6 Å². The van der Waals surface area contributed by atoms with Crippen molar-refractivity contribution in [2.45, 2.75) is 4.90 Å². The fourth-order valence-electron chi connectivity index (χ4n) is 2.09. The highest BCUT2D eigenvalue weighted by Crippen LogP contribution is 2.29. The van der Waals surface area contributed by atoms with Crippen LogP contribution in [0.5, 0.6) is 0 Å². The third-order valence-electron chi connectivity index (χ3n) is 3.36. The highest BCUT2D eigenvalue weighted by molar-refractivity contribution is 7.90.